The van der Waals surface area contributed by atoms with Gasteiger partial charge in [0, 0.05) is 6.20 Å². The number of carbonyl (C=O) groups is 2. The van der Waals surface area contributed by atoms with Gasteiger partial charge in [-0.25, -0.2) is 9.59 Å². The number of nitrogens with one attached hydrogen (secondary N) is 2. The summed E-state index contributed by atoms with van der Waals surface area (Å²) in [5.74, 6) is -1.73. The summed E-state index contributed by atoms with van der Waals surface area (Å²) in [4.78, 5) is 49.9. The number of hydrogen-bond donors (Lipinski definition) is 2. The van der Waals surface area contributed by atoms with Gasteiger partial charge in [0.25, 0.3) is 11.5 Å². The molecule has 0 aliphatic heterocycles. The van der Waals surface area contributed by atoms with Gasteiger partial charge in [0.05, 0.1) is 18.1 Å². The number of hydrogen-bond acceptors (Lipinski definition) is 6. The van der Waals surface area contributed by atoms with Gasteiger partial charge in [-0.15, -0.1) is 0 Å². The van der Waals surface area contributed by atoms with Crippen LogP contribution in [-0.4, -0.2) is 24.0 Å². The van der Waals surface area contributed by atoms with E-state index in [-0.39, 0.29) is 17.0 Å². The van der Waals surface area contributed by atoms with Gasteiger partial charge in [0.15, 0.2) is 5.76 Å². The summed E-state index contributed by atoms with van der Waals surface area (Å²) in [6.45, 7) is 0. The summed E-state index contributed by atoms with van der Waals surface area (Å²) in [5.41, 5.74) is -1.41. The van der Waals surface area contributed by atoms with Crippen LogP contribution in [0.3, 0.4) is 0 Å². The number of amides is 1. The lowest BCUT2D eigenvalue weighted by Crippen LogP contribution is -2.21. The standard InChI is InChI=1S/C17H12N2O6/c1-24-16(22)10-6-12(14(20)18-8-10)19-15(21)13-7-9-4-2-3-5-11(9)17(23)25-13/h2-8H,1H3,(H,18,20)(H,19,21). The fourth-order valence-corrected chi connectivity index (χ4v) is 2.24. The van der Waals surface area contributed by atoms with Crippen molar-refractivity contribution in [2.45, 2.75) is 0 Å². The molecule has 0 bridgehead atoms. The highest BCUT2D eigenvalue weighted by Gasteiger charge is 2.15. The Morgan fingerprint density at radius 3 is 2.68 bits per heavy atom. The second-order valence-corrected chi connectivity index (χ2v) is 5.06. The summed E-state index contributed by atoms with van der Waals surface area (Å²) in [6, 6.07) is 9.19. The molecule has 8 nitrogen and oxygen atoms in total. The Bertz CT molecular complexity index is 1100. The minimum atomic E-state index is -0.796. The Kier molecular flexibility index (Phi) is 4.17. The van der Waals surface area contributed by atoms with Crippen LogP contribution in [0.25, 0.3) is 10.8 Å². The zero-order valence-corrected chi connectivity index (χ0v) is 13.0. The molecule has 0 unspecified atom stereocenters. The number of aromatic amines is 1. The van der Waals surface area contributed by atoms with Gasteiger partial charge in [-0.1, -0.05) is 18.2 Å². The molecule has 2 N–H and O–H groups in total. The summed E-state index contributed by atoms with van der Waals surface area (Å²) in [7, 11) is 1.19. The molecule has 0 aliphatic carbocycles. The maximum atomic E-state index is 12.3. The van der Waals surface area contributed by atoms with E-state index >= 15 is 0 Å². The van der Waals surface area contributed by atoms with Crippen LogP contribution < -0.4 is 16.5 Å². The number of aromatic nitrogens is 1. The Morgan fingerprint density at radius 2 is 1.92 bits per heavy atom. The monoisotopic (exact) mass is 340 g/mol. The fraction of sp³-hybridized carbons (Fsp3) is 0.0588. The summed E-state index contributed by atoms with van der Waals surface area (Å²) in [6.07, 6.45) is 1.17. The number of H-pyrrole nitrogens is 1. The van der Waals surface area contributed by atoms with Crippen LogP contribution >= 0.6 is 0 Å². The molecule has 1 aromatic carbocycles. The second kappa shape index (κ2) is 6.44. The number of benzene rings is 1. The lowest BCUT2D eigenvalue weighted by Gasteiger charge is -2.06. The van der Waals surface area contributed by atoms with Crippen molar-refractivity contribution in [1.82, 2.24) is 4.98 Å². The first-order chi connectivity index (χ1) is 12.0. The van der Waals surface area contributed by atoms with Crippen molar-refractivity contribution < 1.29 is 18.7 Å². The quantitative estimate of drug-likeness (QED) is 0.698. The van der Waals surface area contributed by atoms with Gasteiger partial charge >= 0.3 is 11.6 Å². The molecule has 1 amide bonds. The van der Waals surface area contributed by atoms with E-state index in [1.165, 1.54) is 25.4 Å². The van der Waals surface area contributed by atoms with E-state index in [9.17, 15) is 19.2 Å². The van der Waals surface area contributed by atoms with Crippen molar-refractivity contribution in [3.05, 3.63) is 74.7 Å². The number of fused-ring (bicyclic) bond motifs is 1. The minimum absolute atomic E-state index is 0.0531. The van der Waals surface area contributed by atoms with Crippen molar-refractivity contribution in [1.29, 1.82) is 0 Å². The fourth-order valence-electron chi connectivity index (χ4n) is 2.24. The summed E-state index contributed by atoms with van der Waals surface area (Å²) >= 11 is 0. The van der Waals surface area contributed by atoms with E-state index in [0.717, 1.165) is 0 Å². The first kappa shape index (κ1) is 16.2. The van der Waals surface area contributed by atoms with E-state index in [0.29, 0.717) is 10.8 Å². The van der Waals surface area contributed by atoms with Crippen molar-refractivity contribution in [3.63, 3.8) is 0 Å². The van der Waals surface area contributed by atoms with Gasteiger partial charge in [0.2, 0.25) is 0 Å². The third-order valence-corrected chi connectivity index (χ3v) is 3.47. The van der Waals surface area contributed by atoms with Gasteiger partial charge < -0.3 is 19.5 Å². The SMILES string of the molecule is COC(=O)c1c[nH]c(=O)c(NC(=O)c2cc3ccccc3c(=O)o2)c1. The van der Waals surface area contributed by atoms with Crippen molar-refractivity contribution in [2.75, 3.05) is 12.4 Å². The molecule has 2 aromatic heterocycles. The molecule has 3 rings (SSSR count). The topological polar surface area (TPSA) is 118 Å². The molecule has 0 spiro atoms. The molecule has 0 radical (unpaired) electrons. The highest BCUT2D eigenvalue weighted by Crippen LogP contribution is 2.13. The van der Waals surface area contributed by atoms with Gasteiger partial charge in [-0.2, -0.15) is 0 Å². The lowest BCUT2D eigenvalue weighted by atomic mass is 10.1. The van der Waals surface area contributed by atoms with E-state index < -0.39 is 23.1 Å². The Hall–Kier alpha value is -3.68. The highest BCUT2D eigenvalue weighted by atomic mass is 16.5. The van der Waals surface area contributed by atoms with Crippen molar-refractivity contribution in [3.8, 4) is 0 Å². The van der Waals surface area contributed by atoms with Crippen LogP contribution in [0.5, 0.6) is 0 Å². The second-order valence-electron chi connectivity index (χ2n) is 5.06. The van der Waals surface area contributed by atoms with E-state index in [4.69, 9.17) is 4.42 Å². The van der Waals surface area contributed by atoms with Gasteiger partial charge in [-0.05, 0) is 23.6 Å². The zero-order chi connectivity index (χ0) is 18.0. The molecule has 25 heavy (non-hydrogen) atoms. The third kappa shape index (κ3) is 3.18. The molecular weight excluding hydrogens is 328 g/mol. The average Bonchev–Trinajstić information content (AvgIpc) is 2.62. The number of anilines is 1. The normalized spacial score (nSPS) is 10.4. The largest absolute Gasteiger partial charge is 0.465 e. The predicted molar refractivity (Wildman–Crippen MR) is 88.8 cm³/mol. The Balaban J connectivity index is 1.97. The Morgan fingerprint density at radius 1 is 1.16 bits per heavy atom. The molecule has 0 saturated carbocycles. The number of carbonyl (C=O) groups excluding carboxylic acids is 2. The first-order valence-electron chi connectivity index (χ1n) is 7.15. The molecule has 0 atom stereocenters. The number of rotatable bonds is 3. The smallest absolute Gasteiger partial charge is 0.344 e. The molecule has 3 aromatic rings. The maximum absolute atomic E-state index is 12.3. The molecule has 8 heteroatoms. The van der Waals surface area contributed by atoms with E-state index in [1.54, 1.807) is 24.3 Å². The van der Waals surface area contributed by atoms with Crippen LogP contribution in [0.4, 0.5) is 5.69 Å². The van der Waals surface area contributed by atoms with E-state index in [1.807, 2.05) is 0 Å². The zero-order valence-electron chi connectivity index (χ0n) is 13.0. The number of ether oxygens (including phenoxy) is 1. The highest BCUT2D eigenvalue weighted by molar-refractivity contribution is 6.04. The minimum Gasteiger partial charge on any atom is -0.465 e. The Labute approximate surface area is 140 Å². The molecule has 0 aliphatic rings. The van der Waals surface area contributed by atoms with Crippen LogP contribution in [0.2, 0.25) is 0 Å². The number of esters is 1. The van der Waals surface area contributed by atoms with Crippen molar-refractivity contribution >= 4 is 28.3 Å². The summed E-state index contributed by atoms with van der Waals surface area (Å²) < 4.78 is 9.54. The predicted octanol–water partition coefficient (Wildman–Crippen LogP) is 1.52. The van der Waals surface area contributed by atoms with Crippen LogP contribution in [-0.2, 0) is 4.74 Å². The molecule has 126 valence electrons. The van der Waals surface area contributed by atoms with Crippen LogP contribution in [0, 0.1) is 0 Å². The van der Waals surface area contributed by atoms with Crippen LogP contribution in [0.1, 0.15) is 20.9 Å². The lowest BCUT2D eigenvalue weighted by molar-refractivity contribution is 0.0600. The summed E-state index contributed by atoms with van der Waals surface area (Å²) in [5, 5.41) is 3.18. The first-order valence-corrected chi connectivity index (χ1v) is 7.15. The van der Waals surface area contributed by atoms with Crippen LogP contribution in [0.15, 0.2) is 56.6 Å². The number of pyridine rings is 1. The molecule has 0 fully saturated rings. The van der Waals surface area contributed by atoms with Gasteiger partial charge in [0.1, 0.15) is 5.69 Å². The van der Waals surface area contributed by atoms with Crippen molar-refractivity contribution in [2.24, 2.45) is 0 Å². The average molecular weight is 340 g/mol. The van der Waals surface area contributed by atoms with E-state index in [2.05, 4.69) is 15.0 Å². The maximum Gasteiger partial charge on any atom is 0.344 e. The van der Waals surface area contributed by atoms with Gasteiger partial charge in [-0.3, -0.25) is 9.59 Å². The molecular formula is C17H12N2O6. The number of methoxy groups -OCH3 is 1. The third-order valence-electron chi connectivity index (χ3n) is 3.47. The molecule has 2 heterocycles. The molecule has 0 saturated heterocycles.